The molecule has 0 aromatic heterocycles. The van der Waals surface area contributed by atoms with Crippen molar-refractivity contribution in [2.75, 3.05) is 6.61 Å². The van der Waals surface area contributed by atoms with Gasteiger partial charge in [-0.15, -0.1) is 0 Å². The SMILES string of the molecule is NNOC(=O)CCOCc1cccc(Br)c1. The van der Waals surface area contributed by atoms with Crippen LogP contribution in [-0.4, -0.2) is 12.6 Å². The molecular weight excluding hydrogens is 276 g/mol. The van der Waals surface area contributed by atoms with Gasteiger partial charge >= 0.3 is 5.97 Å². The number of carbonyl (C=O) groups is 1. The van der Waals surface area contributed by atoms with Gasteiger partial charge in [0.2, 0.25) is 0 Å². The molecule has 6 heteroatoms. The van der Waals surface area contributed by atoms with E-state index in [-0.39, 0.29) is 6.42 Å². The van der Waals surface area contributed by atoms with Crippen molar-refractivity contribution < 1.29 is 14.4 Å². The minimum Gasteiger partial charge on any atom is -0.376 e. The maximum atomic E-state index is 10.9. The van der Waals surface area contributed by atoms with Crippen LogP contribution in [0.15, 0.2) is 28.7 Å². The van der Waals surface area contributed by atoms with Crippen LogP contribution in [0.3, 0.4) is 0 Å². The fourth-order valence-corrected chi connectivity index (χ4v) is 1.54. The second kappa shape index (κ2) is 7.34. The van der Waals surface area contributed by atoms with Gasteiger partial charge < -0.3 is 9.57 Å². The zero-order valence-electron chi connectivity index (χ0n) is 8.61. The second-order valence-electron chi connectivity index (χ2n) is 3.02. The Hall–Kier alpha value is -0.950. The molecule has 1 aromatic carbocycles. The summed E-state index contributed by atoms with van der Waals surface area (Å²) in [5, 5.41) is 0. The number of carbonyl (C=O) groups excluding carboxylic acids is 1. The molecule has 5 nitrogen and oxygen atoms in total. The number of hydrazine groups is 1. The Bertz CT molecular complexity index is 347. The number of benzene rings is 1. The summed E-state index contributed by atoms with van der Waals surface area (Å²) in [7, 11) is 0. The van der Waals surface area contributed by atoms with Crippen molar-refractivity contribution in [2.24, 2.45) is 5.84 Å². The maximum Gasteiger partial charge on any atom is 0.328 e. The van der Waals surface area contributed by atoms with Crippen molar-refractivity contribution in [3.63, 3.8) is 0 Å². The molecule has 0 radical (unpaired) electrons. The third kappa shape index (κ3) is 5.22. The van der Waals surface area contributed by atoms with Crippen molar-refractivity contribution >= 4 is 21.9 Å². The van der Waals surface area contributed by atoms with Crippen LogP contribution in [0, 0.1) is 0 Å². The molecule has 0 atom stereocenters. The molecule has 0 saturated heterocycles. The van der Waals surface area contributed by atoms with Crippen molar-refractivity contribution in [1.82, 2.24) is 5.59 Å². The van der Waals surface area contributed by atoms with Gasteiger partial charge in [-0.2, -0.15) is 0 Å². The lowest BCUT2D eigenvalue weighted by atomic mass is 10.2. The smallest absolute Gasteiger partial charge is 0.328 e. The first kappa shape index (κ1) is 13.1. The molecule has 0 saturated carbocycles. The summed E-state index contributed by atoms with van der Waals surface area (Å²) in [6, 6.07) is 7.77. The largest absolute Gasteiger partial charge is 0.376 e. The Morgan fingerprint density at radius 2 is 2.31 bits per heavy atom. The standard InChI is InChI=1S/C10H13BrN2O3/c11-9-3-1-2-8(6-9)7-15-5-4-10(14)16-13-12/h1-3,6,13H,4-5,7,12H2. The molecule has 0 unspecified atom stereocenters. The monoisotopic (exact) mass is 288 g/mol. The molecule has 0 aliphatic rings. The number of hydrogen-bond donors (Lipinski definition) is 2. The molecule has 0 aliphatic heterocycles. The quantitative estimate of drug-likeness (QED) is 0.469. The van der Waals surface area contributed by atoms with Crippen LogP contribution in [0.2, 0.25) is 0 Å². The minimum absolute atomic E-state index is 0.165. The molecule has 0 spiro atoms. The summed E-state index contributed by atoms with van der Waals surface area (Å²) in [5.41, 5.74) is 2.86. The number of ether oxygens (including phenoxy) is 1. The molecule has 16 heavy (non-hydrogen) atoms. The lowest BCUT2D eigenvalue weighted by Crippen LogP contribution is -2.26. The first-order chi connectivity index (χ1) is 7.72. The second-order valence-corrected chi connectivity index (χ2v) is 3.94. The molecule has 0 bridgehead atoms. The lowest BCUT2D eigenvalue weighted by molar-refractivity contribution is -0.152. The van der Waals surface area contributed by atoms with Gasteiger partial charge in [-0.05, 0) is 17.7 Å². The highest BCUT2D eigenvalue weighted by Gasteiger charge is 2.01. The van der Waals surface area contributed by atoms with E-state index in [2.05, 4.69) is 20.8 Å². The Morgan fingerprint density at radius 1 is 1.50 bits per heavy atom. The van der Waals surface area contributed by atoms with Crippen LogP contribution in [0.1, 0.15) is 12.0 Å². The zero-order chi connectivity index (χ0) is 11.8. The number of hydrogen-bond acceptors (Lipinski definition) is 5. The van der Waals surface area contributed by atoms with Crippen molar-refractivity contribution in [2.45, 2.75) is 13.0 Å². The van der Waals surface area contributed by atoms with E-state index >= 15 is 0 Å². The lowest BCUT2D eigenvalue weighted by Gasteiger charge is -2.04. The average molecular weight is 289 g/mol. The summed E-state index contributed by atoms with van der Waals surface area (Å²) < 4.78 is 6.30. The van der Waals surface area contributed by atoms with Gasteiger partial charge in [-0.3, -0.25) is 4.79 Å². The number of halogens is 1. The van der Waals surface area contributed by atoms with Crippen molar-refractivity contribution in [1.29, 1.82) is 0 Å². The summed E-state index contributed by atoms with van der Waals surface area (Å²) in [5.74, 6) is 4.35. The normalized spacial score (nSPS) is 10.1. The van der Waals surface area contributed by atoms with Gasteiger partial charge in [0.1, 0.15) is 0 Å². The summed E-state index contributed by atoms with van der Waals surface area (Å²) in [4.78, 5) is 15.2. The summed E-state index contributed by atoms with van der Waals surface area (Å²) in [6.45, 7) is 0.760. The molecule has 1 aromatic rings. The van der Waals surface area contributed by atoms with Gasteiger partial charge in [-0.1, -0.05) is 33.7 Å². The molecule has 0 fully saturated rings. The van der Waals surface area contributed by atoms with Gasteiger partial charge in [0.15, 0.2) is 0 Å². The summed E-state index contributed by atoms with van der Waals surface area (Å²) in [6.07, 6.45) is 0.165. The molecule has 0 heterocycles. The van der Waals surface area contributed by atoms with E-state index < -0.39 is 5.97 Å². The van der Waals surface area contributed by atoms with Gasteiger partial charge in [0.25, 0.3) is 0 Å². The number of nitrogens with two attached hydrogens (primary N) is 1. The molecule has 3 N–H and O–H groups in total. The van der Waals surface area contributed by atoms with Crippen LogP contribution in [0.25, 0.3) is 0 Å². The predicted molar refractivity (Wildman–Crippen MR) is 61.8 cm³/mol. The summed E-state index contributed by atoms with van der Waals surface area (Å²) >= 11 is 3.36. The maximum absolute atomic E-state index is 10.9. The highest BCUT2D eigenvalue weighted by molar-refractivity contribution is 9.10. The highest BCUT2D eigenvalue weighted by atomic mass is 79.9. The Kier molecular flexibility index (Phi) is 6.02. The Balaban J connectivity index is 2.18. The topological polar surface area (TPSA) is 73.6 Å². The Labute approximate surface area is 102 Å². The van der Waals surface area contributed by atoms with Crippen LogP contribution in [-0.2, 0) is 21.0 Å². The van der Waals surface area contributed by atoms with Gasteiger partial charge in [0.05, 0.1) is 19.6 Å². The van der Waals surface area contributed by atoms with Crippen LogP contribution >= 0.6 is 15.9 Å². The molecule has 88 valence electrons. The third-order valence-electron chi connectivity index (χ3n) is 1.78. The molecule has 0 amide bonds. The fourth-order valence-electron chi connectivity index (χ4n) is 1.09. The number of nitrogens with one attached hydrogen (secondary N) is 1. The Morgan fingerprint density at radius 3 is 3.00 bits per heavy atom. The third-order valence-corrected chi connectivity index (χ3v) is 2.27. The van der Waals surface area contributed by atoms with E-state index in [1.165, 1.54) is 0 Å². The van der Waals surface area contributed by atoms with E-state index in [4.69, 9.17) is 10.6 Å². The van der Waals surface area contributed by atoms with E-state index in [9.17, 15) is 4.79 Å². The van der Waals surface area contributed by atoms with E-state index in [1.807, 2.05) is 29.9 Å². The van der Waals surface area contributed by atoms with Crippen molar-refractivity contribution in [3.8, 4) is 0 Å². The number of rotatable bonds is 6. The minimum atomic E-state index is -0.447. The van der Waals surface area contributed by atoms with Crippen LogP contribution in [0.5, 0.6) is 0 Å². The van der Waals surface area contributed by atoms with E-state index in [0.29, 0.717) is 13.2 Å². The van der Waals surface area contributed by atoms with Crippen molar-refractivity contribution in [3.05, 3.63) is 34.3 Å². The van der Waals surface area contributed by atoms with E-state index in [0.717, 1.165) is 10.0 Å². The molecule has 1 rings (SSSR count). The first-order valence-corrected chi connectivity index (χ1v) is 5.49. The van der Waals surface area contributed by atoms with Crippen LogP contribution < -0.4 is 11.4 Å². The fraction of sp³-hybridized carbons (Fsp3) is 0.300. The first-order valence-electron chi connectivity index (χ1n) is 4.70. The highest BCUT2D eigenvalue weighted by Crippen LogP contribution is 2.12. The van der Waals surface area contributed by atoms with Gasteiger partial charge in [-0.25, -0.2) is 5.84 Å². The zero-order valence-corrected chi connectivity index (χ0v) is 10.2. The predicted octanol–water partition coefficient (Wildman–Crippen LogP) is 1.28. The van der Waals surface area contributed by atoms with E-state index in [1.54, 1.807) is 0 Å². The van der Waals surface area contributed by atoms with Gasteiger partial charge in [0, 0.05) is 4.47 Å². The van der Waals surface area contributed by atoms with Crippen LogP contribution in [0.4, 0.5) is 0 Å². The average Bonchev–Trinajstić information content (AvgIpc) is 2.25. The molecular formula is C10H13BrN2O3. The molecule has 0 aliphatic carbocycles.